The normalized spacial score (nSPS) is 13.8. The number of hydrogen-bond donors (Lipinski definition) is 0. The van der Waals surface area contributed by atoms with E-state index in [4.69, 9.17) is 39.5 Å². The summed E-state index contributed by atoms with van der Waals surface area (Å²) in [6.45, 7) is 3.56. The van der Waals surface area contributed by atoms with Crippen LogP contribution in [0.4, 0.5) is 5.69 Å². The first-order valence-corrected chi connectivity index (χ1v) is 9.63. The molecule has 0 spiro atoms. The molecule has 5 nitrogen and oxygen atoms in total. The number of ether oxygens (including phenoxy) is 1. The summed E-state index contributed by atoms with van der Waals surface area (Å²) in [5.41, 5.74) is 2.01. The zero-order chi connectivity index (χ0) is 20.6. The molecule has 0 saturated carbocycles. The maximum atomic E-state index is 12.7. The fourth-order valence-electron chi connectivity index (χ4n) is 3.10. The summed E-state index contributed by atoms with van der Waals surface area (Å²) in [6.07, 6.45) is -0.389. The number of ketones is 1. The minimum absolute atomic E-state index is 0.0272. The van der Waals surface area contributed by atoms with E-state index in [-0.39, 0.29) is 32.3 Å². The van der Waals surface area contributed by atoms with Crippen LogP contribution in [-0.2, 0) is 16.0 Å². The largest absolute Gasteiger partial charge is 0.451 e. The molecule has 28 heavy (non-hydrogen) atoms. The van der Waals surface area contributed by atoms with Gasteiger partial charge in [0.25, 0.3) is 0 Å². The molecule has 1 amide bonds. The second kappa shape index (κ2) is 8.11. The molecule has 0 fully saturated rings. The van der Waals surface area contributed by atoms with Gasteiger partial charge in [0.05, 0.1) is 20.6 Å². The second-order valence-electron chi connectivity index (χ2n) is 6.39. The summed E-state index contributed by atoms with van der Waals surface area (Å²) < 4.78 is 5.27. The Kier molecular flexibility index (Phi) is 5.98. The number of Topliss-reactive ketones (excluding diaryl/α,β-unsaturated/α-hetero) is 1. The van der Waals surface area contributed by atoms with Gasteiger partial charge in [0.2, 0.25) is 11.7 Å². The zero-order valence-electron chi connectivity index (χ0n) is 15.1. The predicted molar refractivity (Wildman–Crippen MR) is 109 cm³/mol. The van der Waals surface area contributed by atoms with Crippen LogP contribution in [0.1, 0.15) is 40.1 Å². The molecule has 0 bridgehead atoms. The molecule has 1 unspecified atom stereocenters. The molecule has 3 rings (SSSR count). The lowest BCUT2D eigenvalue weighted by molar-refractivity contribution is -0.116. The summed E-state index contributed by atoms with van der Waals surface area (Å²) in [4.78, 5) is 38.5. The number of hydrogen-bond acceptors (Lipinski definition) is 4. The van der Waals surface area contributed by atoms with Gasteiger partial charge in [-0.25, -0.2) is 4.79 Å². The number of halogens is 3. The quantitative estimate of drug-likeness (QED) is 0.382. The van der Waals surface area contributed by atoms with Crippen molar-refractivity contribution in [1.29, 1.82) is 0 Å². The number of benzene rings is 2. The van der Waals surface area contributed by atoms with Crippen LogP contribution in [0.3, 0.4) is 0 Å². The van der Waals surface area contributed by atoms with Crippen molar-refractivity contribution in [3.05, 3.63) is 62.1 Å². The zero-order valence-corrected chi connectivity index (χ0v) is 17.4. The molecule has 0 aromatic heterocycles. The van der Waals surface area contributed by atoms with Crippen molar-refractivity contribution in [3.8, 4) is 0 Å². The molecule has 146 valence electrons. The van der Waals surface area contributed by atoms with Crippen molar-refractivity contribution < 1.29 is 19.1 Å². The van der Waals surface area contributed by atoms with Gasteiger partial charge in [-0.1, -0.05) is 34.8 Å². The van der Waals surface area contributed by atoms with Crippen molar-refractivity contribution in [2.24, 2.45) is 0 Å². The highest BCUT2D eigenvalue weighted by atomic mass is 35.5. The Hall–Kier alpha value is -2.08. The average Bonchev–Trinajstić information content (AvgIpc) is 3.07. The Labute approximate surface area is 177 Å². The maximum Gasteiger partial charge on any atom is 0.341 e. The van der Waals surface area contributed by atoms with E-state index in [1.165, 1.54) is 26.0 Å². The number of amides is 1. The Morgan fingerprint density at radius 2 is 1.75 bits per heavy atom. The van der Waals surface area contributed by atoms with Gasteiger partial charge in [-0.15, -0.1) is 0 Å². The topological polar surface area (TPSA) is 63.7 Å². The van der Waals surface area contributed by atoms with Crippen molar-refractivity contribution >= 4 is 58.1 Å². The standard InChI is InChI=1S/C20H16Cl3NO4/c1-10(28-20(27)17-14(21)4-5-15(22)18(17)23)19(26)13-3-6-16-12(9-13)7-8-24(16)11(2)25/h3-6,9-10H,7-8H2,1-2H3. The summed E-state index contributed by atoms with van der Waals surface area (Å²) >= 11 is 18.0. The van der Waals surface area contributed by atoms with Gasteiger partial charge in [-0.05, 0) is 49.2 Å². The highest BCUT2D eigenvalue weighted by Gasteiger charge is 2.27. The van der Waals surface area contributed by atoms with Crippen molar-refractivity contribution in [3.63, 3.8) is 0 Å². The number of anilines is 1. The van der Waals surface area contributed by atoms with E-state index in [1.54, 1.807) is 23.1 Å². The van der Waals surface area contributed by atoms with Crippen LogP contribution < -0.4 is 4.90 Å². The monoisotopic (exact) mass is 439 g/mol. The van der Waals surface area contributed by atoms with Crippen LogP contribution in [0, 0.1) is 0 Å². The summed E-state index contributed by atoms with van der Waals surface area (Å²) in [5, 5.41) is 0.215. The first kappa shape index (κ1) is 20.6. The molecule has 1 atom stereocenters. The van der Waals surface area contributed by atoms with Crippen LogP contribution in [0.15, 0.2) is 30.3 Å². The maximum absolute atomic E-state index is 12.7. The molecular weight excluding hydrogens is 425 g/mol. The lowest BCUT2D eigenvalue weighted by Crippen LogP contribution is -2.26. The lowest BCUT2D eigenvalue weighted by atomic mass is 10.0. The molecule has 0 N–H and O–H groups in total. The summed E-state index contributed by atoms with van der Waals surface area (Å²) in [5.74, 6) is -1.25. The van der Waals surface area contributed by atoms with Crippen LogP contribution in [0.2, 0.25) is 15.1 Å². The highest BCUT2D eigenvalue weighted by Crippen LogP contribution is 2.33. The van der Waals surface area contributed by atoms with E-state index in [0.717, 1.165) is 11.3 Å². The lowest BCUT2D eigenvalue weighted by Gasteiger charge is -2.16. The molecule has 2 aromatic rings. The number of carbonyl (C=O) groups is 3. The Bertz CT molecular complexity index is 990. The summed E-state index contributed by atoms with van der Waals surface area (Å²) in [7, 11) is 0. The third kappa shape index (κ3) is 3.88. The number of esters is 1. The number of carbonyl (C=O) groups excluding carboxylic acids is 3. The smallest absolute Gasteiger partial charge is 0.341 e. The third-order valence-corrected chi connectivity index (χ3v) is 5.66. The number of rotatable bonds is 4. The van der Waals surface area contributed by atoms with E-state index >= 15 is 0 Å². The van der Waals surface area contributed by atoms with Gasteiger partial charge in [0.1, 0.15) is 0 Å². The fraction of sp³-hybridized carbons (Fsp3) is 0.250. The SMILES string of the molecule is CC(=O)N1CCc2cc(C(=O)C(C)OC(=O)c3c(Cl)ccc(Cl)c3Cl)ccc21. The molecule has 0 aliphatic carbocycles. The first-order chi connectivity index (χ1) is 13.2. The molecule has 0 radical (unpaired) electrons. The van der Waals surface area contributed by atoms with Crippen molar-refractivity contribution in [2.75, 3.05) is 11.4 Å². The van der Waals surface area contributed by atoms with E-state index in [9.17, 15) is 14.4 Å². The van der Waals surface area contributed by atoms with Gasteiger partial charge >= 0.3 is 5.97 Å². The third-order valence-electron chi connectivity index (χ3n) is 4.54. The number of nitrogens with zero attached hydrogens (tertiary/aromatic N) is 1. The summed E-state index contributed by atoms with van der Waals surface area (Å²) in [6, 6.07) is 7.97. The van der Waals surface area contributed by atoms with E-state index < -0.39 is 12.1 Å². The molecule has 1 heterocycles. The van der Waals surface area contributed by atoms with E-state index in [1.807, 2.05) is 0 Å². The van der Waals surface area contributed by atoms with E-state index in [2.05, 4.69) is 0 Å². The van der Waals surface area contributed by atoms with E-state index in [0.29, 0.717) is 18.5 Å². The molecule has 1 aliphatic heterocycles. The minimum atomic E-state index is -1.05. The molecule has 8 heteroatoms. The Morgan fingerprint density at radius 3 is 2.43 bits per heavy atom. The van der Waals surface area contributed by atoms with Crippen molar-refractivity contribution in [1.82, 2.24) is 0 Å². The van der Waals surface area contributed by atoms with Crippen LogP contribution in [-0.4, -0.2) is 30.3 Å². The van der Waals surface area contributed by atoms with Gasteiger partial charge in [-0.2, -0.15) is 0 Å². The van der Waals surface area contributed by atoms with Crippen LogP contribution >= 0.6 is 34.8 Å². The molecular formula is C20H16Cl3NO4. The molecule has 2 aromatic carbocycles. The van der Waals surface area contributed by atoms with Crippen molar-refractivity contribution in [2.45, 2.75) is 26.4 Å². The average molecular weight is 441 g/mol. The Morgan fingerprint density at radius 1 is 1.07 bits per heavy atom. The highest BCUT2D eigenvalue weighted by molar-refractivity contribution is 6.46. The van der Waals surface area contributed by atoms with Gasteiger partial charge in [0, 0.05) is 24.7 Å². The second-order valence-corrected chi connectivity index (χ2v) is 7.59. The fourth-order valence-corrected chi connectivity index (χ4v) is 3.79. The van der Waals surface area contributed by atoms with Gasteiger partial charge in [-0.3, -0.25) is 9.59 Å². The van der Waals surface area contributed by atoms with Crippen LogP contribution in [0.5, 0.6) is 0 Å². The minimum Gasteiger partial charge on any atom is -0.451 e. The number of fused-ring (bicyclic) bond motifs is 1. The van der Waals surface area contributed by atoms with Gasteiger partial charge in [0.15, 0.2) is 6.10 Å². The van der Waals surface area contributed by atoms with Crippen LogP contribution in [0.25, 0.3) is 0 Å². The predicted octanol–water partition coefficient (Wildman–Crippen LogP) is 4.98. The molecule has 1 aliphatic rings. The first-order valence-electron chi connectivity index (χ1n) is 8.50. The Balaban J connectivity index is 1.78. The van der Waals surface area contributed by atoms with Gasteiger partial charge < -0.3 is 9.64 Å². The molecule has 0 saturated heterocycles.